The van der Waals surface area contributed by atoms with Crippen molar-refractivity contribution in [2.75, 3.05) is 19.7 Å². The maximum absolute atomic E-state index is 8.64. The van der Waals surface area contributed by atoms with Crippen molar-refractivity contribution >= 4 is 0 Å². The van der Waals surface area contributed by atoms with E-state index in [-0.39, 0.29) is 6.61 Å². The maximum atomic E-state index is 8.64. The Morgan fingerprint density at radius 2 is 2.20 bits per heavy atom. The van der Waals surface area contributed by atoms with Crippen LogP contribution in [-0.4, -0.2) is 35.7 Å². The van der Waals surface area contributed by atoms with Gasteiger partial charge in [-0.1, -0.05) is 6.08 Å². The molecule has 0 aromatic heterocycles. The van der Waals surface area contributed by atoms with Crippen LogP contribution >= 0.6 is 0 Å². The Hall–Kier alpha value is -0.340. The SMILES string of the molecule is C=CCN(CCO)C(C)C. The van der Waals surface area contributed by atoms with Crippen LogP contribution in [0.4, 0.5) is 0 Å². The normalized spacial score (nSPS) is 10.9. The first kappa shape index (κ1) is 9.66. The Morgan fingerprint density at radius 3 is 2.50 bits per heavy atom. The molecular weight excluding hydrogens is 126 g/mol. The standard InChI is InChI=1S/C8H17NO/c1-4-5-9(6-7-10)8(2)3/h4,8,10H,1,5-7H2,2-3H3. The zero-order chi connectivity index (χ0) is 7.98. The minimum atomic E-state index is 0.228. The molecule has 0 spiro atoms. The Bertz CT molecular complexity index is 91.3. The van der Waals surface area contributed by atoms with Crippen LogP contribution in [-0.2, 0) is 0 Å². The van der Waals surface area contributed by atoms with Gasteiger partial charge in [-0.15, -0.1) is 6.58 Å². The second kappa shape index (κ2) is 5.45. The smallest absolute Gasteiger partial charge is 0.0558 e. The number of aliphatic hydroxyl groups excluding tert-OH is 1. The molecule has 1 N–H and O–H groups in total. The second-order valence-corrected chi connectivity index (χ2v) is 2.60. The molecular formula is C8H17NO. The van der Waals surface area contributed by atoms with E-state index in [0.717, 1.165) is 13.1 Å². The van der Waals surface area contributed by atoms with Crippen molar-refractivity contribution < 1.29 is 5.11 Å². The second-order valence-electron chi connectivity index (χ2n) is 2.60. The lowest BCUT2D eigenvalue weighted by Crippen LogP contribution is -2.33. The van der Waals surface area contributed by atoms with Crippen LogP contribution in [0.5, 0.6) is 0 Å². The number of rotatable bonds is 5. The van der Waals surface area contributed by atoms with Gasteiger partial charge < -0.3 is 5.11 Å². The van der Waals surface area contributed by atoms with E-state index in [4.69, 9.17) is 5.11 Å². The average molecular weight is 143 g/mol. The summed E-state index contributed by atoms with van der Waals surface area (Å²) in [4.78, 5) is 2.16. The number of aliphatic hydroxyl groups is 1. The van der Waals surface area contributed by atoms with Gasteiger partial charge in [-0.2, -0.15) is 0 Å². The van der Waals surface area contributed by atoms with Gasteiger partial charge in [0, 0.05) is 19.1 Å². The molecule has 0 aliphatic carbocycles. The monoisotopic (exact) mass is 143 g/mol. The highest BCUT2D eigenvalue weighted by Crippen LogP contribution is 1.95. The van der Waals surface area contributed by atoms with Gasteiger partial charge in [0.15, 0.2) is 0 Å². The lowest BCUT2D eigenvalue weighted by atomic mass is 10.3. The third-order valence-electron chi connectivity index (χ3n) is 1.48. The van der Waals surface area contributed by atoms with Crippen molar-refractivity contribution in [1.29, 1.82) is 0 Å². The molecule has 0 aliphatic heterocycles. The summed E-state index contributed by atoms with van der Waals surface area (Å²) in [5, 5.41) is 8.64. The van der Waals surface area contributed by atoms with Crippen molar-refractivity contribution in [1.82, 2.24) is 4.90 Å². The van der Waals surface area contributed by atoms with Crippen LogP contribution in [0.25, 0.3) is 0 Å². The first-order valence-corrected chi connectivity index (χ1v) is 3.68. The summed E-state index contributed by atoms with van der Waals surface area (Å²) in [5.41, 5.74) is 0. The molecule has 0 fully saturated rings. The highest BCUT2D eigenvalue weighted by Gasteiger charge is 2.04. The van der Waals surface area contributed by atoms with Crippen LogP contribution in [0, 0.1) is 0 Å². The van der Waals surface area contributed by atoms with E-state index in [1.165, 1.54) is 0 Å². The maximum Gasteiger partial charge on any atom is 0.0558 e. The van der Waals surface area contributed by atoms with Crippen molar-refractivity contribution in [3.8, 4) is 0 Å². The van der Waals surface area contributed by atoms with Crippen LogP contribution in [0.2, 0.25) is 0 Å². The number of hydrogen-bond acceptors (Lipinski definition) is 2. The predicted octanol–water partition coefficient (Wildman–Crippen LogP) is 0.875. The van der Waals surface area contributed by atoms with Gasteiger partial charge in [-0.3, -0.25) is 4.90 Å². The van der Waals surface area contributed by atoms with Crippen molar-refractivity contribution in [2.24, 2.45) is 0 Å². The third kappa shape index (κ3) is 3.64. The van der Waals surface area contributed by atoms with Crippen molar-refractivity contribution in [3.63, 3.8) is 0 Å². The average Bonchev–Trinajstić information content (AvgIpc) is 1.87. The molecule has 60 valence electrons. The Kier molecular flexibility index (Phi) is 5.26. The molecule has 0 aliphatic rings. The van der Waals surface area contributed by atoms with Gasteiger partial charge in [0.25, 0.3) is 0 Å². The minimum Gasteiger partial charge on any atom is -0.395 e. The molecule has 0 unspecified atom stereocenters. The molecule has 0 aromatic rings. The zero-order valence-electron chi connectivity index (χ0n) is 6.88. The molecule has 0 saturated heterocycles. The van der Waals surface area contributed by atoms with E-state index in [0.29, 0.717) is 6.04 Å². The first-order valence-electron chi connectivity index (χ1n) is 3.68. The highest BCUT2D eigenvalue weighted by molar-refractivity contribution is 4.75. The highest BCUT2D eigenvalue weighted by atomic mass is 16.3. The van der Waals surface area contributed by atoms with E-state index < -0.39 is 0 Å². The fourth-order valence-electron chi connectivity index (χ4n) is 0.855. The molecule has 0 saturated carbocycles. The van der Waals surface area contributed by atoms with Gasteiger partial charge in [0.05, 0.1) is 6.61 Å². The lowest BCUT2D eigenvalue weighted by molar-refractivity contribution is 0.180. The summed E-state index contributed by atoms with van der Waals surface area (Å²) in [6, 6.07) is 0.491. The summed E-state index contributed by atoms with van der Waals surface area (Å²) in [5.74, 6) is 0. The topological polar surface area (TPSA) is 23.5 Å². The van der Waals surface area contributed by atoms with Crippen molar-refractivity contribution in [2.45, 2.75) is 19.9 Å². The summed E-state index contributed by atoms with van der Waals surface area (Å²) in [6.45, 7) is 9.69. The number of hydrogen-bond donors (Lipinski definition) is 1. The van der Waals surface area contributed by atoms with Gasteiger partial charge >= 0.3 is 0 Å². The fraction of sp³-hybridized carbons (Fsp3) is 0.750. The Labute approximate surface area is 63.2 Å². The molecule has 0 amide bonds. The van der Waals surface area contributed by atoms with Gasteiger partial charge in [0.1, 0.15) is 0 Å². The summed E-state index contributed by atoms with van der Waals surface area (Å²) in [6.07, 6.45) is 1.86. The third-order valence-corrected chi connectivity index (χ3v) is 1.48. The first-order chi connectivity index (χ1) is 4.72. The largest absolute Gasteiger partial charge is 0.395 e. The quantitative estimate of drug-likeness (QED) is 0.577. The van der Waals surface area contributed by atoms with Gasteiger partial charge in [0.2, 0.25) is 0 Å². The lowest BCUT2D eigenvalue weighted by Gasteiger charge is -2.23. The predicted molar refractivity (Wildman–Crippen MR) is 44.0 cm³/mol. The fourth-order valence-corrected chi connectivity index (χ4v) is 0.855. The molecule has 0 bridgehead atoms. The summed E-state index contributed by atoms with van der Waals surface area (Å²) >= 11 is 0. The van der Waals surface area contributed by atoms with E-state index in [1.54, 1.807) is 0 Å². The molecule has 0 aromatic carbocycles. The summed E-state index contributed by atoms with van der Waals surface area (Å²) < 4.78 is 0. The Morgan fingerprint density at radius 1 is 1.60 bits per heavy atom. The van der Waals surface area contributed by atoms with Gasteiger partial charge in [-0.25, -0.2) is 0 Å². The number of nitrogens with zero attached hydrogens (tertiary/aromatic N) is 1. The molecule has 10 heavy (non-hydrogen) atoms. The molecule has 0 radical (unpaired) electrons. The van der Waals surface area contributed by atoms with E-state index in [1.807, 2.05) is 6.08 Å². The van der Waals surface area contributed by atoms with Crippen LogP contribution < -0.4 is 0 Å². The van der Waals surface area contributed by atoms with Crippen molar-refractivity contribution in [3.05, 3.63) is 12.7 Å². The van der Waals surface area contributed by atoms with E-state index in [2.05, 4.69) is 25.3 Å². The van der Waals surface area contributed by atoms with Crippen LogP contribution in [0.3, 0.4) is 0 Å². The molecule has 2 heteroatoms. The van der Waals surface area contributed by atoms with E-state index in [9.17, 15) is 0 Å². The minimum absolute atomic E-state index is 0.228. The molecule has 0 rings (SSSR count). The van der Waals surface area contributed by atoms with Crippen LogP contribution in [0.1, 0.15) is 13.8 Å². The molecule has 0 atom stereocenters. The molecule has 0 heterocycles. The summed E-state index contributed by atoms with van der Waals surface area (Å²) in [7, 11) is 0. The van der Waals surface area contributed by atoms with Gasteiger partial charge in [-0.05, 0) is 13.8 Å². The molecule has 2 nitrogen and oxygen atoms in total. The van der Waals surface area contributed by atoms with Crippen LogP contribution in [0.15, 0.2) is 12.7 Å². The van der Waals surface area contributed by atoms with E-state index >= 15 is 0 Å². The Balaban J connectivity index is 3.60. The zero-order valence-corrected chi connectivity index (χ0v) is 6.88.